The molecule has 2 N–H and O–H groups in total. The van der Waals surface area contributed by atoms with Gasteiger partial charge in [0.25, 0.3) is 5.56 Å². The van der Waals surface area contributed by atoms with Crippen molar-refractivity contribution >= 4 is 28.1 Å². The van der Waals surface area contributed by atoms with Crippen LogP contribution in [0.3, 0.4) is 0 Å². The molecule has 0 amide bonds. The Morgan fingerprint density at radius 1 is 1.10 bits per heavy atom. The number of carboxylic acids is 1. The summed E-state index contributed by atoms with van der Waals surface area (Å²) in [5.74, 6) is 0.504. The van der Waals surface area contributed by atoms with Gasteiger partial charge < -0.3 is 24.3 Å². The maximum atomic E-state index is 13.4. The molecule has 0 saturated carbocycles. The van der Waals surface area contributed by atoms with Crippen molar-refractivity contribution in [1.82, 2.24) is 4.57 Å². The van der Waals surface area contributed by atoms with Gasteiger partial charge in [0.15, 0.2) is 0 Å². The number of pyridine rings is 1. The lowest BCUT2D eigenvalue weighted by Gasteiger charge is -2.23. The van der Waals surface area contributed by atoms with Crippen LogP contribution in [0.15, 0.2) is 47.3 Å². The first-order valence-corrected chi connectivity index (χ1v) is 14.5. The number of aromatic nitrogens is 1. The maximum absolute atomic E-state index is 13.4. The number of hydrogen-bond donors (Lipinski definition) is 2. The van der Waals surface area contributed by atoms with Crippen molar-refractivity contribution in [3.8, 4) is 35.5 Å². The zero-order valence-corrected chi connectivity index (χ0v) is 25.9. The number of ether oxygens (including phenoxy) is 2. The van der Waals surface area contributed by atoms with E-state index in [-0.39, 0.29) is 12.0 Å². The van der Waals surface area contributed by atoms with Gasteiger partial charge in [0.2, 0.25) is 0 Å². The van der Waals surface area contributed by atoms with Crippen LogP contribution >= 0.6 is 11.3 Å². The number of thiophene rings is 1. The van der Waals surface area contributed by atoms with E-state index in [0.717, 1.165) is 51.1 Å². The largest absolute Gasteiger partial charge is 0.493 e. The van der Waals surface area contributed by atoms with Gasteiger partial charge in [-0.05, 0) is 106 Å². The second-order valence-corrected chi connectivity index (χ2v) is 12.5. The van der Waals surface area contributed by atoms with Gasteiger partial charge in [-0.15, -0.1) is 24.2 Å². The summed E-state index contributed by atoms with van der Waals surface area (Å²) in [6.07, 6.45) is 9.60. The Morgan fingerprint density at radius 3 is 2.40 bits per heavy atom. The van der Waals surface area contributed by atoms with E-state index in [1.807, 2.05) is 37.3 Å². The van der Waals surface area contributed by atoms with Crippen LogP contribution in [-0.2, 0) is 31.3 Å². The third-order valence-corrected chi connectivity index (χ3v) is 7.61. The number of aliphatic carboxylic acids is 1. The Hall–Kier alpha value is -4.06. The molecule has 0 saturated heterocycles. The van der Waals surface area contributed by atoms with E-state index in [4.69, 9.17) is 14.6 Å². The lowest BCUT2D eigenvalue weighted by molar-refractivity contribution is -0.136. The van der Waals surface area contributed by atoms with Crippen LogP contribution < -0.4 is 15.0 Å². The molecule has 0 spiro atoms. The summed E-state index contributed by atoms with van der Waals surface area (Å²) in [6.45, 7) is 10.5. The number of aliphatic hydroxyl groups is 1. The first-order chi connectivity index (χ1) is 19.8. The van der Waals surface area contributed by atoms with Gasteiger partial charge in [0.05, 0.1) is 24.0 Å². The van der Waals surface area contributed by atoms with Crippen molar-refractivity contribution in [1.29, 1.82) is 0 Å². The van der Waals surface area contributed by atoms with E-state index >= 15 is 0 Å². The number of rotatable bonds is 6. The minimum Gasteiger partial charge on any atom is -0.493 e. The Labute approximate surface area is 251 Å². The molecule has 3 heterocycles. The second kappa shape index (κ2) is 13.7. The molecule has 0 unspecified atom stereocenters. The van der Waals surface area contributed by atoms with Gasteiger partial charge in [-0.3, -0.25) is 9.59 Å². The summed E-state index contributed by atoms with van der Waals surface area (Å²) in [6, 6.07) is 13.5. The molecule has 7 nitrogen and oxygen atoms in total. The number of carbonyl (C=O) groups is 1. The lowest BCUT2D eigenvalue weighted by Crippen LogP contribution is -2.24. The molecule has 1 aliphatic rings. The summed E-state index contributed by atoms with van der Waals surface area (Å²) in [5.41, 5.74) is 3.64. The number of aryl methyl sites for hydroxylation is 1. The van der Waals surface area contributed by atoms with Gasteiger partial charge in [0.1, 0.15) is 18.1 Å². The molecule has 5 rings (SSSR count). The van der Waals surface area contributed by atoms with Crippen molar-refractivity contribution in [2.45, 2.75) is 66.1 Å². The fraction of sp³-hybridized carbons (Fsp3) is 0.353. The standard InChI is InChI=1S/C28H27NO5S.C4H10O.C2H2/c1-16-6-8-19(35-16)15-34-18-7-9-22-23(13-18)28(32)29(3)24(14-26(30)31)27(22)21-10-11-25-20(17(21)2)5-4-12-33-25;1-4(2,3)5;1-2/h6-11,13H,4-5,12,14-15H2,1-3H3,(H,30,31);5H,1-3H3;1-2H. The Bertz CT molecular complexity index is 1650. The first kappa shape index (κ1) is 32.5. The number of benzene rings is 2. The summed E-state index contributed by atoms with van der Waals surface area (Å²) in [7, 11) is 1.64. The molecule has 1 aliphatic heterocycles. The van der Waals surface area contributed by atoms with Crippen molar-refractivity contribution in [3.05, 3.63) is 79.4 Å². The molecule has 2 aromatic carbocycles. The Balaban J connectivity index is 0.000000627. The highest BCUT2D eigenvalue weighted by Gasteiger charge is 2.23. The van der Waals surface area contributed by atoms with Crippen LogP contribution in [0.25, 0.3) is 21.9 Å². The average Bonchev–Trinajstić information content (AvgIpc) is 3.36. The number of nitrogens with zero attached hydrogens (tertiary/aromatic N) is 1. The summed E-state index contributed by atoms with van der Waals surface area (Å²) < 4.78 is 13.3. The number of terminal acetylenes is 1. The van der Waals surface area contributed by atoms with E-state index in [1.54, 1.807) is 45.2 Å². The smallest absolute Gasteiger partial charge is 0.309 e. The van der Waals surface area contributed by atoms with Crippen LogP contribution in [0.5, 0.6) is 11.5 Å². The molecule has 42 heavy (non-hydrogen) atoms. The predicted molar refractivity (Wildman–Crippen MR) is 170 cm³/mol. The van der Waals surface area contributed by atoms with Gasteiger partial charge >= 0.3 is 5.97 Å². The fourth-order valence-electron chi connectivity index (χ4n) is 4.88. The molecule has 2 aromatic heterocycles. The first-order valence-electron chi connectivity index (χ1n) is 13.7. The normalized spacial score (nSPS) is 12.2. The van der Waals surface area contributed by atoms with Gasteiger partial charge in [-0.1, -0.05) is 6.07 Å². The lowest BCUT2D eigenvalue weighted by atomic mass is 9.88. The number of fused-ring (bicyclic) bond motifs is 2. The highest BCUT2D eigenvalue weighted by Crippen LogP contribution is 2.39. The Morgan fingerprint density at radius 2 is 1.79 bits per heavy atom. The van der Waals surface area contributed by atoms with Crippen LogP contribution in [0.4, 0.5) is 0 Å². The maximum Gasteiger partial charge on any atom is 0.309 e. The topological polar surface area (TPSA) is 98.0 Å². The predicted octanol–water partition coefficient (Wildman–Crippen LogP) is 6.44. The van der Waals surface area contributed by atoms with E-state index < -0.39 is 11.6 Å². The summed E-state index contributed by atoms with van der Waals surface area (Å²) >= 11 is 1.68. The molecule has 0 fully saturated rings. The second-order valence-electron chi connectivity index (χ2n) is 11.1. The monoisotopic (exact) mass is 589 g/mol. The quantitative estimate of drug-likeness (QED) is 0.251. The SMILES string of the molecule is C#C.CC(C)(C)O.Cc1ccc(COc2ccc3c(-c4ccc5c(c4C)CCCO5)c(CC(=O)O)n(C)c(=O)c3c2)s1. The van der Waals surface area contributed by atoms with Crippen LogP contribution in [-0.4, -0.2) is 33.0 Å². The third kappa shape index (κ3) is 7.81. The minimum atomic E-state index is -0.981. The van der Waals surface area contributed by atoms with E-state index in [0.29, 0.717) is 30.0 Å². The molecule has 222 valence electrons. The highest BCUT2D eigenvalue weighted by molar-refractivity contribution is 7.11. The molecule has 0 bridgehead atoms. The molecule has 0 atom stereocenters. The van der Waals surface area contributed by atoms with Gasteiger partial charge in [-0.2, -0.15) is 0 Å². The summed E-state index contributed by atoms with van der Waals surface area (Å²) in [5, 5.41) is 19.4. The molecule has 0 aliphatic carbocycles. The minimum absolute atomic E-state index is 0.239. The van der Waals surface area contributed by atoms with Crippen LogP contribution in [0, 0.1) is 26.7 Å². The molecule has 4 aromatic rings. The van der Waals surface area contributed by atoms with Crippen molar-refractivity contribution < 1.29 is 24.5 Å². The van der Waals surface area contributed by atoms with E-state index in [1.165, 1.54) is 9.44 Å². The number of hydrogen-bond acceptors (Lipinski definition) is 6. The van der Waals surface area contributed by atoms with E-state index in [9.17, 15) is 14.7 Å². The fourth-order valence-corrected chi connectivity index (χ4v) is 5.69. The Kier molecular flexibility index (Phi) is 10.6. The zero-order chi connectivity index (χ0) is 31.2. The molecule has 0 radical (unpaired) electrons. The van der Waals surface area contributed by atoms with Crippen molar-refractivity contribution in [2.24, 2.45) is 7.05 Å². The van der Waals surface area contributed by atoms with Crippen molar-refractivity contribution in [2.75, 3.05) is 6.61 Å². The highest BCUT2D eigenvalue weighted by atomic mass is 32.1. The number of carboxylic acid groups (broad SMARTS) is 1. The molecular formula is C34H39NO6S. The zero-order valence-electron chi connectivity index (χ0n) is 25.1. The summed E-state index contributed by atoms with van der Waals surface area (Å²) in [4.78, 5) is 27.5. The van der Waals surface area contributed by atoms with Gasteiger partial charge in [0, 0.05) is 28.1 Å². The van der Waals surface area contributed by atoms with Gasteiger partial charge in [-0.25, -0.2) is 0 Å². The van der Waals surface area contributed by atoms with Crippen molar-refractivity contribution in [3.63, 3.8) is 0 Å². The van der Waals surface area contributed by atoms with Crippen LogP contribution in [0.1, 0.15) is 53.8 Å². The van der Waals surface area contributed by atoms with Crippen LogP contribution in [0.2, 0.25) is 0 Å². The average molecular weight is 590 g/mol. The molecule has 8 heteroatoms. The third-order valence-electron chi connectivity index (χ3n) is 6.64. The molecular weight excluding hydrogens is 550 g/mol. The van der Waals surface area contributed by atoms with E-state index in [2.05, 4.69) is 25.8 Å².